The van der Waals surface area contributed by atoms with Gasteiger partial charge < -0.3 is 0 Å². The highest BCUT2D eigenvalue weighted by Gasteiger charge is 2.44. The summed E-state index contributed by atoms with van der Waals surface area (Å²) >= 11 is 0. The second-order valence-electron chi connectivity index (χ2n) is 9.02. The summed E-state index contributed by atoms with van der Waals surface area (Å²) in [6.45, 7) is 2.22. The highest BCUT2D eigenvalue weighted by molar-refractivity contribution is 5.22. The quantitative estimate of drug-likeness (QED) is 0.499. The summed E-state index contributed by atoms with van der Waals surface area (Å²) in [6, 6.07) is 4.55. The fraction of sp³-hybridized carbons (Fsp3) is 0.667. The van der Waals surface area contributed by atoms with Crippen LogP contribution in [0.3, 0.4) is 0 Å². The minimum atomic E-state index is -0.725. The van der Waals surface area contributed by atoms with Gasteiger partial charge >= 0.3 is 0 Å². The van der Waals surface area contributed by atoms with E-state index in [0.29, 0.717) is 5.92 Å². The van der Waals surface area contributed by atoms with Crippen LogP contribution in [0.5, 0.6) is 0 Å². The van der Waals surface area contributed by atoms with E-state index >= 15 is 0 Å². The van der Waals surface area contributed by atoms with Crippen molar-refractivity contribution >= 4 is 0 Å². The van der Waals surface area contributed by atoms with Crippen LogP contribution in [0.25, 0.3) is 0 Å². The summed E-state index contributed by atoms with van der Waals surface area (Å²) in [5, 5.41) is 0. The third-order valence-corrected chi connectivity index (χ3v) is 7.64. The third kappa shape index (κ3) is 3.62. The molecular weight excluding hydrogens is 326 g/mol. The Labute approximate surface area is 157 Å². The molecule has 3 fully saturated rings. The number of rotatable bonds is 3. The topological polar surface area (TPSA) is 0 Å². The Hall–Kier alpha value is -1.18. The first kappa shape index (κ1) is 18.2. The van der Waals surface area contributed by atoms with Gasteiger partial charge in [-0.1, -0.05) is 25.1 Å². The molecule has 0 nitrogen and oxygen atoms in total. The van der Waals surface area contributed by atoms with Crippen molar-refractivity contribution in [1.82, 2.24) is 0 Å². The first-order chi connectivity index (χ1) is 12.7. The lowest BCUT2D eigenvalue weighted by atomic mass is 9.55. The molecule has 0 aromatic heterocycles. The molecule has 1 aromatic carbocycles. The molecule has 6 atom stereocenters. The molecule has 2 heteroatoms. The Kier molecular flexibility index (Phi) is 5.47. The molecule has 0 saturated heterocycles. The van der Waals surface area contributed by atoms with Crippen LogP contribution in [0.15, 0.2) is 30.4 Å². The zero-order chi connectivity index (χ0) is 18.1. The van der Waals surface area contributed by atoms with E-state index in [0.717, 1.165) is 48.0 Å². The number of hydrogen-bond donors (Lipinski definition) is 0. The third-order valence-electron chi connectivity index (χ3n) is 7.64. The van der Waals surface area contributed by atoms with Crippen LogP contribution in [0, 0.1) is 41.2 Å². The van der Waals surface area contributed by atoms with Crippen LogP contribution in [-0.2, 0) is 0 Å². The van der Waals surface area contributed by atoms with E-state index in [1.807, 2.05) is 0 Å². The molecule has 142 valence electrons. The standard InChI is InChI=1S/C24H32F2/c1-2-3-4-16-5-10-21-19(13-16)6-7-20-14-17(8-11-22(20)21)18-9-12-23(25)24(26)15-18/h3-4,9,12,15-17,19-22H,2,5-8,10-11,13-14H2,1H3/t16-,17-,19-,20+,21+,22+/m1/s1. The van der Waals surface area contributed by atoms with Gasteiger partial charge in [-0.15, -0.1) is 0 Å². The van der Waals surface area contributed by atoms with Gasteiger partial charge in [0, 0.05) is 0 Å². The van der Waals surface area contributed by atoms with Crippen LogP contribution >= 0.6 is 0 Å². The SMILES string of the molecule is CCC=C[C@@H]1CC[C@H]2[C@H](CC[C@H]3C[C@H](c4ccc(F)c(F)c4)CC[C@@H]32)C1. The van der Waals surface area contributed by atoms with Crippen molar-refractivity contribution in [2.45, 2.75) is 70.6 Å². The molecule has 0 spiro atoms. The smallest absolute Gasteiger partial charge is 0.159 e. The van der Waals surface area contributed by atoms with Crippen molar-refractivity contribution in [2.24, 2.45) is 29.6 Å². The van der Waals surface area contributed by atoms with Gasteiger partial charge in [-0.3, -0.25) is 0 Å². The number of fused-ring (bicyclic) bond motifs is 3. The van der Waals surface area contributed by atoms with Crippen molar-refractivity contribution < 1.29 is 8.78 Å². The number of benzene rings is 1. The van der Waals surface area contributed by atoms with Crippen LogP contribution in [0.1, 0.15) is 76.2 Å². The van der Waals surface area contributed by atoms with Gasteiger partial charge in [-0.05, 0) is 111 Å². The molecule has 0 bridgehead atoms. The highest BCUT2D eigenvalue weighted by atomic mass is 19.2. The van der Waals surface area contributed by atoms with E-state index in [1.165, 1.54) is 57.1 Å². The average molecular weight is 359 g/mol. The van der Waals surface area contributed by atoms with Crippen molar-refractivity contribution in [3.05, 3.63) is 47.5 Å². The van der Waals surface area contributed by atoms with E-state index in [-0.39, 0.29) is 0 Å². The highest BCUT2D eigenvalue weighted by Crippen LogP contribution is 2.54. The fourth-order valence-electron chi connectivity index (χ4n) is 6.40. The molecule has 3 saturated carbocycles. The Morgan fingerprint density at radius 1 is 0.885 bits per heavy atom. The largest absolute Gasteiger partial charge is 0.204 e. The molecule has 0 amide bonds. The van der Waals surface area contributed by atoms with E-state index in [4.69, 9.17) is 0 Å². The molecule has 0 radical (unpaired) electrons. The van der Waals surface area contributed by atoms with Crippen molar-refractivity contribution in [3.8, 4) is 0 Å². The lowest BCUT2D eigenvalue weighted by molar-refractivity contribution is 0.0127. The zero-order valence-electron chi connectivity index (χ0n) is 16.0. The van der Waals surface area contributed by atoms with Gasteiger partial charge in [0.05, 0.1) is 0 Å². The van der Waals surface area contributed by atoms with E-state index in [2.05, 4.69) is 19.1 Å². The molecular formula is C24H32F2. The maximum absolute atomic E-state index is 13.6. The van der Waals surface area contributed by atoms with Gasteiger partial charge in [0.1, 0.15) is 0 Å². The molecule has 0 N–H and O–H groups in total. The first-order valence-electron chi connectivity index (χ1n) is 10.8. The summed E-state index contributed by atoms with van der Waals surface area (Å²) in [5.74, 6) is 3.35. The number of allylic oxidation sites excluding steroid dienone is 2. The van der Waals surface area contributed by atoms with Gasteiger partial charge in [0.25, 0.3) is 0 Å². The van der Waals surface area contributed by atoms with Crippen molar-refractivity contribution in [1.29, 1.82) is 0 Å². The summed E-state index contributed by atoms with van der Waals surface area (Å²) in [5.41, 5.74) is 1.01. The lowest BCUT2D eigenvalue weighted by Crippen LogP contribution is -2.41. The summed E-state index contributed by atoms with van der Waals surface area (Å²) < 4.78 is 26.9. The molecule has 0 aliphatic heterocycles. The Morgan fingerprint density at radius 2 is 1.62 bits per heavy atom. The minimum Gasteiger partial charge on any atom is -0.204 e. The van der Waals surface area contributed by atoms with Crippen LogP contribution in [-0.4, -0.2) is 0 Å². The average Bonchev–Trinajstić information content (AvgIpc) is 2.67. The van der Waals surface area contributed by atoms with Gasteiger partial charge in [0.2, 0.25) is 0 Å². The van der Waals surface area contributed by atoms with Gasteiger partial charge in [0.15, 0.2) is 11.6 Å². The van der Waals surface area contributed by atoms with E-state index in [9.17, 15) is 8.78 Å². The van der Waals surface area contributed by atoms with E-state index < -0.39 is 11.6 Å². The maximum Gasteiger partial charge on any atom is 0.159 e. The number of hydrogen-bond acceptors (Lipinski definition) is 0. The molecule has 3 aliphatic rings. The lowest BCUT2D eigenvalue weighted by Gasteiger charge is -2.50. The van der Waals surface area contributed by atoms with Crippen LogP contribution in [0.4, 0.5) is 8.78 Å². The maximum atomic E-state index is 13.6. The predicted molar refractivity (Wildman–Crippen MR) is 103 cm³/mol. The summed E-state index contributed by atoms with van der Waals surface area (Å²) in [4.78, 5) is 0. The monoisotopic (exact) mass is 358 g/mol. The van der Waals surface area contributed by atoms with Crippen molar-refractivity contribution in [2.75, 3.05) is 0 Å². The molecule has 0 unspecified atom stereocenters. The second-order valence-corrected chi connectivity index (χ2v) is 9.02. The summed E-state index contributed by atoms with van der Waals surface area (Å²) in [6.07, 6.45) is 16.5. The van der Waals surface area contributed by atoms with Crippen LogP contribution < -0.4 is 0 Å². The molecule has 4 rings (SSSR count). The predicted octanol–water partition coefficient (Wildman–Crippen LogP) is 7.26. The van der Waals surface area contributed by atoms with Gasteiger partial charge in [-0.2, -0.15) is 0 Å². The summed E-state index contributed by atoms with van der Waals surface area (Å²) in [7, 11) is 0. The van der Waals surface area contributed by atoms with Crippen molar-refractivity contribution in [3.63, 3.8) is 0 Å². The Morgan fingerprint density at radius 3 is 2.35 bits per heavy atom. The molecule has 26 heavy (non-hydrogen) atoms. The first-order valence-corrected chi connectivity index (χ1v) is 10.8. The molecule has 3 aliphatic carbocycles. The van der Waals surface area contributed by atoms with E-state index in [1.54, 1.807) is 6.07 Å². The van der Waals surface area contributed by atoms with Crippen LogP contribution in [0.2, 0.25) is 0 Å². The molecule has 1 aromatic rings. The zero-order valence-corrected chi connectivity index (χ0v) is 16.0. The Balaban J connectivity index is 1.41. The minimum absolute atomic E-state index is 0.423. The number of halogens is 2. The normalized spacial score (nSPS) is 37.3. The Bertz CT molecular complexity index is 650. The fourth-order valence-corrected chi connectivity index (χ4v) is 6.40. The van der Waals surface area contributed by atoms with Gasteiger partial charge in [-0.25, -0.2) is 8.78 Å². The second kappa shape index (κ2) is 7.82. The molecule has 0 heterocycles.